The van der Waals surface area contributed by atoms with Crippen molar-refractivity contribution in [1.82, 2.24) is 5.32 Å². The largest absolute Gasteiger partial charge is 0.464 e. The highest BCUT2D eigenvalue weighted by Gasteiger charge is 2.14. The summed E-state index contributed by atoms with van der Waals surface area (Å²) in [7, 11) is 0. The average Bonchev–Trinajstić information content (AvgIpc) is 1.98. The molecular weight excluding hydrogens is 160 g/mol. The zero-order valence-corrected chi connectivity index (χ0v) is 7.29. The highest BCUT2D eigenvalue weighted by atomic mass is 16.5. The summed E-state index contributed by atoms with van der Waals surface area (Å²) in [5, 5.41) is 2.22. The molecule has 70 valence electrons. The standard InChI is InChI=1S/C7H14N2O3/c1-3-4-12-6(10)5(2)9-7(8)11/h5H,3-4H2,1-2H3,(H3,8,9,11)/t5-/m0/s1. The van der Waals surface area contributed by atoms with Crippen molar-refractivity contribution in [2.45, 2.75) is 26.3 Å². The van der Waals surface area contributed by atoms with Gasteiger partial charge in [-0.3, -0.25) is 0 Å². The Bertz CT molecular complexity index is 170. The Labute approximate surface area is 71.3 Å². The first-order valence-corrected chi connectivity index (χ1v) is 3.80. The zero-order valence-electron chi connectivity index (χ0n) is 7.29. The zero-order chi connectivity index (χ0) is 9.56. The van der Waals surface area contributed by atoms with Gasteiger partial charge in [-0.1, -0.05) is 6.92 Å². The van der Waals surface area contributed by atoms with Crippen LogP contribution in [0.15, 0.2) is 0 Å². The highest BCUT2D eigenvalue weighted by Crippen LogP contribution is 1.88. The molecule has 0 aliphatic rings. The summed E-state index contributed by atoms with van der Waals surface area (Å²) in [6.07, 6.45) is 0.759. The molecule has 0 aliphatic heterocycles. The minimum Gasteiger partial charge on any atom is -0.464 e. The topological polar surface area (TPSA) is 81.4 Å². The minimum absolute atomic E-state index is 0.365. The van der Waals surface area contributed by atoms with Crippen LogP contribution in [0.4, 0.5) is 4.79 Å². The predicted molar refractivity (Wildman–Crippen MR) is 43.4 cm³/mol. The molecule has 0 bridgehead atoms. The van der Waals surface area contributed by atoms with Crippen molar-refractivity contribution in [2.75, 3.05) is 6.61 Å². The van der Waals surface area contributed by atoms with Gasteiger partial charge in [0.1, 0.15) is 6.04 Å². The number of esters is 1. The number of hydrogen-bond acceptors (Lipinski definition) is 3. The second-order valence-electron chi connectivity index (χ2n) is 2.40. The van der Waals surface area contributed by atoms with E-state index >= 15 is 0 Å². The predicted octanol–water partition coefficient (Wildman–Crippen LogP) is -0.00360. The Morgan fingerprint density at radius 1 is 1.58 bits per heavy atom. The number of primary amides is 1. The Morgan fingerprint density at radius 2 is 2.17 bits per heavy atom. The van der Waals surface area contributed by atoms with Gasteiger partial charge >= 0.3 is 12.0 Å². The van der Waals surface area contributed by atoms with Crippen LogP contribution in [0.3, 0.4) is 0 Å². The summed E-state index contributed by atoms with van der Waals surface area (Å²) in [5.74, 6) is -0.462. The van der Waals surface area contributed by atoms with Gasteiger partial charge in [0.15, 0.2) is 0 Å². The molecule has 0 heterocycles. The van der Waals surface area contributed by atoms with Crippen LogP contribution in [0.25, 0.3) is 0 Å². The van der Waals surface area contributed by atoms with Crippen LogP contribution in [0.1, 0.15) is 20.3 Å². The molecule has 0 aliphatic carbocycles. The van der Waals surface area contributed by atoms with Crippen molar-refractivity contribution in [1.29, 1.82) is 0 Å². The molecule has 0 fully saturated rings. The molecule has 1 atom stereocenters. The summed E-state index contributed by atoms with van der Waals surface area (Å²) >= 11 is 0. The van der Waals surface area contributed by atoms with Gasteiger partial charge in [-0.15, -0.1) is 0 Å². The summed E-state index contributed by atoms with van der Waals surface area (Å²) in [4.78, 5) is 21.2. The van der Waals surface area contributed by atoms with Gasteiger partial charge in [0.2, 0.25) is 0 Å². The number of amides is 2. The van der Waals surface area contributed by atoms with E-state index in [0.717, 1.165) is 6.42 Å². The fourth-order valence-corrected chi connectivity index (χ4v) is 0.600. The van der Waals surface area contributed by atoms with Gasteiger partial charge in [-0.05, 0) is 13.3 Å². The number of rotatable bonds is 4. The maximum atomic E-state index is 10.9. The quantitative estimate of drug-likeness (QED) is 0.588. The molecule has 0 unspecified atom stereocenters. The summed E-state index contributed by atoms with van der Waals surface area (Å²) in [6.45, 7) is 3.77. The lowest BCUT2D eigenvalue weighted by Gasteiger charge is -2.10. The van der Waals surface area contributed by atoms with Crippen molar-refractivity contribution in [3.05, 3.63) is 0 Å². The number of carbonyl (C=O) groups excluding carboxylic acids is 2. The molecule has 5 nitrogen and oxygen atoms in total. The first-order chi connectivity index (χ1) is 5.57. The monoisotopic (exact) mass is 174 g/mol. The smallest absolute Gasteiger partial charge is 0.328 e. The van der Waals surface area contributed by atoms with Crippen LogP contribution in [0.2, 0.25) is 0 Å². The van der Waals surface area contributed by atoms with E-state index in [0.29, 0.717) is 6.61 Å². The fraction of sp³-hybridized carbons (Fsp3) is 0.714. The normalized spacial score (nSPS) is 11.8. The minimum atomic E-state index is -0.726. The molecule has 5 heteroatoms. The van der Waals surface area contributed by atoms with Gasteiger partial charge < -0.3 is 15.8 Å². The average molecular weight is 174 g/mol. The second-order valence-corrected chi connectivity index (χ2v) is 2.40. The first kappa shape index (κ1) is 10.7. The van der Waals surface area contributed by atoms with E-state index < -0.39 is 18.0 Å². The highest BCUT2D eigenvalue weighted by molar-refractivity contribution is 5.82. The molecular formula is C7H14N2O3. The van der Waals surface area contributed by atoms with Gasteiger partial charge in [-0.2, -0.15) is 0 Å². The van der Waals surface area contributed by atoms with Crippen LogP contribution in [-0.4, -0.2) is 24.6 Å². The molecule has 2 amide bonds. The molecule has 0 saturated carbocycles. The maximum absolute atomic E-state index is 10.9. The molecule has 0 radical (unpaired) electrons. The van der Waals surface area contributed by atoms with Crippen molar-refractivity contribution in [3.63, 3.8) is 0 Å². The summed E-state index contributed by atoms with van der Waals surface area (Å²) < 4.78 is 4.74. The second kappa shape index (κ2) is 5.40. The lowest BCUT2D eigenvalue weighted by atomic mass is 10.3. The SMILES string of the molecule is CCCOC(=O)[C@H](C)NC(N)=O. The molecule has 3 N–H and O–H groups in total. The van der Waals surface area contributed by atoms with Crippen molar-refractivity contribution < 1.29 is 14.3 Å². The summed E-state index contributed by atoms with van der Waals surface area (Å²) in [6, 6.07) is -1.40. The van der Waals surface area contributed by atoms with E-state index in [4.69, 9.17) is 10.5 Å². The number of ether oxygens (including phenoxy) is 1. The van der Waals surface area contributed by atoms with Crippen LogP contribution in [0, 0.1) is 0 Å². The van der Waals surface area contributed by atoms with E-state index in [1.807, 2.05) is 6.92 Å². The maximum Gasteiger partial charge on any atom is 0.328 e. The van der Waals surface area contributed by atoms with E-state index in [9.17, 15) is 9.59 Å². The number of nitrogens with one attached hydrogen (secondary N) is 1. The van der Waals surface area contributed by atoms with E-state index in [1.54, 1.807) is 0 Å². The van der Waals surface area contributed by atoms with Crippen molar-refractivity contribution in [3.8, 4) is 0 Å². The Morgan fingerprint density at radius 3 is 2.58 bits per heavy atom. The first-order valence-electron chi connectivity index (χ1n) is 3.80. The number of nitrogens with two attached hydrogens (primary N) is 1. The fourth-order valence-electron chi connectivity index (χ4n) is 0.600. The Balaban J connectivity index is 3.69. The molecule has 0 rings (SSSR count). The molecule has 12 heavy (non-hydrogen) atoms. The van der Waals surface area contributed by atoms with Gasteiger partial charge in [-0.25, -0.2) is 9.59 Å². The summed E-state index contributed by atoms with van der Waals surface area (Å²) in [5.41, 5.74) is 4.80. The van der Waals surface area contributed by atoms with Crippen LogP contribution in [-0.2, 0) is 9.53 Å². The van der Waals surface area contributed by atoms with Gasteiger partial charge in [0.25, 0.3) is 0 Å². The van der Waals surface area contributed by atoms with Gasteiger partial charge in [0.05, 0.1) is 6.61 Å². The number of urea groups is 1. The van der Waals surface area contributed by atoms with Crippen LogP contribution in [0.5, 0.6) is 0 Å². The van der Waals surface area contributed by atoms with E-state index in [-0.39, 0.29) is 0 Å². The van der Waals surface area contributed by atoms with E-state index in [1.165, 1.54) is 6.92 Å². The molecule has 0 aromatic rings. The molecule has 0 aromatic heterocycles. The molecule has 0 spiro atoms. The Hall–Kier alpha value is -1.26. The van der Waals surface area contributed by atoms with Crippen LogP contribution >= 0.6 is 0 Å². The molecule has 0 aromatic carbocycles. The van der Waals surface area contributed by atoms with Crippen molar-refractivity contribution in [2.24, 2.45) is 5.73 Å². The third kappa shape index (κ3) is 4.54. The third-order valence-corrected chi connectivity index (χ3v) is 1.16. The lowest BCUT2D eigenvalue weighted by molar-refractivity contribution is -0.145. The number of hydrogen-bond donors (Lipinski definition) is 2. The lowest BCUT2D eigenvalue weighted by Crippen LogP contribution is -2.42. The Kier molecular flexibility index (Phi) is 4.83. The third-order valence-electron chi connectivity index (χ3n) is 1.16. The molecule has 0 saturated heterocycles. The number of carbonyl (C=O) groups is 2. The van der Waals surface area contributed by atoms with Crippen LogP contribution < -0.4 is 11.1 Å². The van der Waals surface area contributed by atoms with E-state index in [2.05, 4.69) is 5.32 Å². The van der Waals surface area contributed by atoms with Crippen molar-refractivity contribution >= 4 is 12.0 Å². The van der Waals surface area contributed by atoms with Gasteiger partial charge in [0, 0.05) is 0 Å².